The first-order chi connectivity index (χ1) is 12.3. The molecular formula is C17H24FN5O2S. The average Bonchev–Trinajstić information content (AvgIpc) is 2.59. The number of hydroxylamine groups is 1. The van der Waals surface area contributed by atoms with Gasteiger partial charge in [-0.3, -0.25) is 5.21 Å². The smallest absolute Gasteiger partial charge is 0.315 e. The van der Waals surface area contributed by atoms with Crippen LogP contribution in [0.15, 0.2) is 41.4 Å². The van der Waals surface area contributed by atoms with Crippen molar-refractivity contribution in [3.63, 3.8) is 0 Å². The first-order valence-corrected chi connectivity index (χ1v) is 8.87. The third kappa shape index (κ3) is 7.58. The maximum Gasteiger partial charge on any atom is 0.315 e. The van der Waals surface area contributed by atoms with E-state index in [1.165, 1.54) is 30.0 Å². The zero-order valence-corrected chi connectivity index (χ0v) is 15.8. The number of hydrogen-bond acceptors (Lipinski definition) is 6. The number of nitrogen functional groups attached to an aromatic ring is 1. The van der Waals surface area contributed by atoms with E-state index in [9.17, 15) is 9.18 Å². The summed E-state index contributed by atoms with van der Waals surface area (Å²) >= 11 is 1.28. The molecule has 0 aliphatic rings. The number of thioether (sulfide) groups is 1. The lowest BCUT2D eigenvalue weighted by molar-refractivity contribution is 0.243. The summed E-state index contributed by atoms with van der Waals surface area (Å²) in [5.41, 5.74) is 7.12. The van der Waals surface area contributed by atoms with Gasteiger partial charge >= 0.3 is 6.03 Å². The van der Waals surface area contributed by atoms with Crippen molar-refractivity contribution in [2.24, 2.45) is 0 Å². The van der Waals surface area contributed by atoms with Crippen LogP contribution in [-0.2, 0) is 0 Å². The lowest BCUT2D eigenvalue weighted by atomic mass is 10.3. The zero-order valence-electron chi connectivity index (χ0n) is 15.0. The summed E-state index contributed by atoms with van der Waals surface area (Å²) in [6.45, 7) is 4.30. The van der Waals surface area contributed by atoms with E-state index in [0.29, 0.717) is 28.8 Å². The van der Waals surface area contributed by atoms with E-state index >= 15 is 0 Å². The predicted molar refractivity (Wildman–Crippen MR) is 103 cm³/mol. The summed E-state index contributed by atoms with van der Waals surface area (Å²) in [5, 5.41) is 15.2. The standard InChI is InChI=1S/C10H14FN3OS.C7H10N2O/c1-2-13-10(15)14-6-16-9-5-7(11)3-4-8(9)12;1-6-4-3-5-8-7(6)9(2)10/h3-5H,2,6,12H2,1H3,(H2,13,14,15);3-5,10H,1-2H3. The molecule has 0 saturated carbocycles. The van der Waals surface area contributed by atoms with Crippen LogP contribution in [0, 0.1) is 12.7 Å². The lowest BCUT2D eigenvalue weighted by Crippen LogP contribution is -2.34. The second-order valence-corrected chi connectivity index (χ2v) is 6.19. The van der Waals surface area contributed by atoms with Gasteiger partial charge in [0, 0.05) is 30.4 Å². The van der Waals surface area contributed by atoms with Gasteiger partial charge in [-0.25, -0.2) is 19.2 Å². The van der Waals surface area contributed by atoms with Gasteiger partial charge in [0.1, 0.15) is 5.82 Å². The second kappa shape index (κ2) is 11.2. The van der Waals surface area contributed by atoms with Crippen LogP contribution in [0.5, 0.6) is 0 Å². The van der Waals surface area contributed by atoms with Crippen molar-refractivity contribution in [1.29, 1.82) is 0 Å². The molecule has 26 heavy (non-hydrogen) atoms. The number of anilines is 2. The molecule has 7 nitrogen and oxygen atoms in total. The molecule has 0 unspecified atom stereocenters. The third-order valence-corrected chi connectivity index (χ3v) is 4.01. The highest BCUT2D eigenvalue weighted by Crippen LogP contribution is 2.24. The number of nitrogens with zero attached hydrogens (tertiary/aromatic N) is 2. The van der Waals surface area contributed by atoms with Crippen LogP contribution in [0.2, 0.25) is 0 Å². The highest BCUT2D eigenvalue weighted by atomic mass is 32.2. The number of aryl methyl sites for hydroxylation is 1. The topological polar surface area (TPSA) is 104 Å². The van der Waals surface area contributed by atoms with E-state index in [4.69, 9.17) is 10.9 Å². The molecule has 0 radical (unpaired) electrons. The number of nitrogens with one attached hydrogen (secondary N) is 2. The van der Waals surface area contributed by atoms with Gasteiger partial charge in [-0.15, -0.1) is 11.8 Å². The number of aromatic nitrogens is 1. The van der Waals surface area contributed by atoms with Gasteiger partial charge in [0.25, 0.3) is 0 Å². The predicted octanol–water partition coefficient (Wildman–Crippen LogP) is 2.99. The molecule has 0 aliphatic heterocycles. The van der Waals surface area contributed by atoms with Crippen molar-refractivity contribution in [3.05, 3.63) is 47.9 Å². The molecule has 1 heterocycles. The Morgan fingerprint density at radius 2 is 2.12 bits per heavy atom. The monoisotopic (exact) mass is 381 g/mol. The molecule has 0 saturated heterocycles. The SMILES string of the molecule is CCNC(=O)NCSc1cc(F)ccc1N.Cc1cccnc1N(C)O. The summed E-state index contributed by atoms with van der Waals surface area (Å²) in [7, 11) is 1.55. The minimum absolute atomic E-state index is 0.245. The molecule has 0 atom stereocenters. The number of nitrogens with two attached hydrogens (primary N) is 1. The number of pyridine rings is 1. The fourth-order valence-electron chi connectivity index (χ4n) is 1.85. The van der Waals surface area contributed by atoms with Crippen LogP contribution in [0.1, 0.15) is 12.5 Å². The van der Waals surface area contributed by atoms with Crippen molar-refractivity contribution >= 4 is 29.3 Å². The lowest BCUT2D eigenvalue weighted by Gasteiger charge is -2.10. The van der Waals surface area contributed by atoms with Crippen LogP contribution in [0.25, 0.3) is 0 Å². The number of halogens is 1. The zero-order chi connectivity index (χ0) is 19.5. The fourth-order valence-corrected chi connectivity index (χ4v) is 2.64. The van der Waals surface area contributed by atoms with Crippen LogP contribution in [0.4, 0.5) is 20.7 Å². The molecular weight excluding hydrogens is 357 g/mol. The Morgan fingerprint density at radius 3 is 2.69 bits per heavy atom. The minimum atomic E-state index is -0.338. The number of amides is 2. The second-order valence-electron chi connectivity index (χ2n) is 5.17. The summed E-state index contributed by atoms with van der Waals surface area (Å²) < 4.78 is 12.9. The van der Waals surface area contributed by atoms with Crippen molar-refractivity contribution in [3.8, 4) is 0 Å². The van der Waals surface area contributed by atoms with Crippen LogP contribution in [0.3, 0.4) is 0 Å². The van der Waals surface area contributed by atoms with Crippen LogP contribution in [-0.4, -0.2) is 35.7 Å². The summed E-state index contributed by atoms with van der Waals surface area (Å²) in [4.78, 5) is 15.6. The van der Waals surface area contributed by atoms with E-state index in [2.05, 4.69) is 15.6 Å². The molecule has 142 valence electrons. The Kier molecular flexibility index (Phi) is 9.24. The Morgan fingerprint density at radius 1 is 1.38 bits per heavy atom. The number of rotatable bonds is 5. The van der Waals surface area contributed by atoms with Gasteiger partial charge in [0.2, 0.25) is 0 Å². The van der Waals surface area contributed by atoms with E-state index < -0.39 is 0 Å². The number of carbonyl (C=O) groups excluding carboxylic acids is 1. The first-order valence-electron chi connectivity index (χ1n) is 7.88. The van der Waals surface area contributed by atoms with Gasteiger partial charge in [-0.1, -0.05) is 6.07 Å². The van der Waals surface area contributed by atoms with E-state index in [-0.39, 0.29) is 11.8 Å². The van der Waals surface area contributed by atoms with E-state index in [1.54, 1.807) is 13.2 Å². The molecule has 2 rings (SSSR count). The molecule has 0 aliphatic carbocycles. The van der Waals surface area contributed by atoms with Gasteiger partial charge in [-0.05, 0) is 43.7 Å². The van der Waals surface area contributed by atoms with Gasteiger partial charge in [-0.2, -0.15) is 0 Å². The quantitative estimate of drug-likeness (QED) is 0.275. The van der Waals surface area contributed by atoms with Crippen LogP contribution >= 0.6 is 11.8 Å². The van der Waals surface area contributed by atoms with Crippen molar-refractivity contribution in [2.45, 2.75) is 18.7 Å². The molecule has 9 heteroatoms. The summed E-state index contributed by atoms with van der Waals surface area (Å²) in [6.07, 6.45) is 1.65. The molecule has 0 fully saturated rings. The Labute approximate surface area is 156 Å². The van der Waals surface area contributed by atoms with Gasteiger partial charge < -0.3 is 16.4 Å². The number of urea groups is 1. The molecule has 0 spiro atoms. The minimum Gasteiger partial charge on any atom is -0.398 e. The van der Waals surface area contributed by atoms with E-state index in [0.717, 1.165) is 10.6 Å². The Hall–Kier alpha value is -2.52. The highest BCUT2D eigenvalue weighted by Gasteiger charge is 2.03. The summed E-state index contributed by atoms with van der Waals surface area (Å²) in [6, 6.07) is 7.64. The molecule has 2 amide bonds. The number of benzene rings is 1. The summed E-state index contributed by atoms with van der Waals surface area (Å²) in [5.74, 6) is 0.608. The van der Waals surface area contributed by atoms with Crippen molar-refractivity contribution < 1.29 is 14.4 Å². The van der Waals surface area contributed by atoms with Gasteiger partial charge in [0.05, 0.1) is 5.88 Å². The molecule has 1 aromatic heterocycles. The third-order valence-electron chi connectivity index (χ3n) is 3.06. The molecule has 2 aromatic rings. The number of hydrogen-bond donors (Lipinski definition) is 4. The maximum atomic E-state index is 12.9. The van der Waals surface area contributed by atoms with Gasteiger partial charge in [0.15, 0.2) is 5.82 Å². The van der Waals surface area contributed by atoms with E-state index in [1.807, 2.05) is 26.0 Å². The fraction of sp³-hybridized carbons (Fsp3) is 0.294. The molecule has 1 aromatic carbocycles. The highest BCUT2D eigenvalue weighted by molar-refractivity contribution is 7.99. The first kappa shape index (κ1) is 21.5. The largest absolute Gasteiger partial charge is 0.398 e. The number of carbonyl (C=O) groups is 1. The Balaban J connectivity index is 0.000000289. The van der Waals surface area contributed by atoms with Crippen LogP contribution < -0.4 is 21.4 Å². The Bertz CT molecular complexity index is 715. The normalized spacial score (nSPS) is 9.73. The average molecular weight is 381 g/mol. The van der Waals surface area contributed by atoms with Crippen molar-refractivity contribution in [1.82, 2.24) is 15.6 Å². The molecule has 5 N–H and O–H groups in total. The molecule has 0 bridgehead atoms. The maximum absolute atomic E-state index is 12.9. The van der Waals surface area contributed by atoms with Crippen molar-refractivity contribution in [2.75, 3.05) is 30.3 Å².